The van der Waals surface area contributed by atoms with Crippen molar-refractivity contribution in [2.75, 3.05) is 13.6 Å². The van der Waals surface area contributed by atoms with Crippen molar-refractivity contribution in [1.82, 2.24) is 9.96 Å². The fraction of sp³-hybridized carbons (Fsp3) is 0.821. The monoisotopic (exact) mass is 547 g/mol. The molecule has 0 aromatic heterocycles. The molecule has 11 nitrogen and oxygen atoms in total. The van der Waals surface area contributed by atoms with Crippen LogP contribution in [0.25, 0.3) is 0 Å². The van der Waals surface area contributed by atoms with Gasteiger partial charge in [0.15, 0.2) is 5.70 Å². The van der Waals surface area contributed by atoms with Crippen molar-refractivity contribution in [3.8, 4) is 0 Å². The van der Waals surface area contributed by atoms with E-state index in [1.807, 2.05) is 18.9 Å². The van der Waals surface area contributed by atoms with Crippen molar-refractivity contribution < 1.29 is 34.5 Å². The normalized spacial score (nSPS) is 44.3. The van der Waals surface area contributed by atoms with E-state index in [1.165, 1.54) is 5.06 Å². The molecule has 1 heterocycles. The lowest BCUT2D eigenvalue weighted by Gasteiger charge is -2.65. The van der Waals surface area contributed by atoms with Crippen LogP contribution in [0.5, 0.6) is 0 Å². The molecule has 3 unspecified atom stereocenters. The van der Waals surface area contributed by atoms with Gasteiger partial charge in [0.25, 0.3) is 0 Å². The number of aliphatic carboxylic acids is 2. The van der Waals surface area contributed by atoms with Crippen LogP contribution in [0.15, 0.2) is 16.9 Å². The standard InChI is InChI=1S/C28H41N3O8/c1-26-10-9-19-17(18(26)6-7-22(26)32)13-21(29-38)28(37)15-16(8-11-27(19,28)2)31(20(25(35)36)14-24(33)34)39-23-5-4-12-30(23)3/h14,16-19,21,23,37H,4-13,15H2,1-3H3,(H,33,34)(H,35,36)/t16?,17-,18-,19-,21?,23?,26-,27+,28-/m0/s1. The van der Waals surface area contributed by atoms with Gasteiger partial charge in [0.1, 0.15) is 18.1 Å². The van der Waals surface area contributed by atoms with Gasteiger partial charge in [-0.1, -0.05) is 19.0 Å². The molecule has 4 aliphatic carbocycles. The number of likely N-dealkylation sites (tertiary alicyclic amines) is 1. The number of aliphatic hydroxyl groups is 1. The van der Waals surface area contributed by atoms with Gasteiger partial charge in [0.05, 0.1) is 17.7 Å². The summed E-state index contributed by atoms with van der Waals surface area (Å²) < 4.78 is 0. The quantitative estimate of drug-likeness (QED) is 0.246. The Morgan fingerprint density at radius 3 is 2.49 bits per heavy atom. The highest BCUT2D eigenvalue weighted by molar-refractivity contribution is 5.94. The molecule has 0 aromatic carbocycles. The maximum Gasteiger partial charge on any atom is 0.354 e. The minimum absolute atomic E-state index is 0.0324. The number of nitroso groups, excluding NO2 is 1. The van der Waals surface area contributed by atoms with Crippen LogP contribution >= 0.6 is 0 Å². The SMILES string of the molecule is CN1CCCC1ON(C(=CC(=O)O)C(=O)O)C1CC[C@]2(C)[C@H]3CC[C@]4(C)C(=O)CC[C@H]4[C@@H]3CC(N=O)[C@@]2(O)C1. The number of hydrogen-bond donors (Lipinski definition) is 3. The predicted octanol–water partition coefficient (Wildman–Crippen LogP) is 3.17. The summed E-state index contributed by atoms with van der Waals surface area (Å²) >= 11 is 0. The number of carboxylic acid groups (broad SMARTS) is 2. The zero-order valence-corrected chi connectivity index (χ0v) is 23.0. The number of carboxylic acids is 2. The number of rotatable bonds is 7. The minimum atomic E-state index is -1.52. The van der Waals surface area contributed by atoms with Crippen LogP contribution in [-0.2, 0) is 19.2 Å². The van der Waals surface area contributed by atoms with Crippen molar-refractivity contribution in [2.45, 2.75) is 102 Å². The van der Waals surface area contributed by atoms with E-state index < -0.39 is 47.0 Å². The van der Waals surface area contributed by atoms with Gasteiger partial charge in [-0.2, -0.15) is 4.91 Å². The Hall–Kier alpha value is -2.37. The molecule has 1 saturated heterocycles. The van der Waals surface area contributed by atoms with E-state index in [0.717, 1.165) is 32.2 Å². The summed E-state index contributed by atoms with van der Waals surface area (Å²) in [5.74, 6) is -2.17. The van der Waals surface area contributed by atoms with Crippen LogP contribution in [0, 0.1) is 33.5 Å². The van der Waals surface area contributed by atoms with E-state index in [1.54, 1.807) is 0 Å². The third kappa shape index (κ3) is 4.32. The molecule has 216 valence electrons. The van der Waals surface area contributed by atoms with E-state index in [0.29, 0.717) is 44.0 Å². The van der Waals surface area contributed by atoms with E-state index >= 15 is 0 Å². The van der Waals surface area contributed by atoms with Gasteiger partial charge >= 0.3 is 11.9 Å². The van der Waals surface area contributed by atoms with Crippen LogP contribution in [0.2, 0.25) is 0 Å². The van der Waals surface area contributed by atoms with Crippen LogP contribution in [0.4, 0.5) is 0 Å². The summed E-state index contributed by atoms with van der Waals surface area (Å²) in [5, 5.41) is 36.4. The molecular weight excluding hydrogens is 506 g/mol. The van der Waals surface area contributed by atoms with Crippen LogP contribution in [-0.4, -0.2) is 80.5 Å². The highest BCUT2D eigenvalue weighted by Crippen LogP contribution is 2.67. The molecule has 5 aliphatic rings. The van der Waals surface area contributed by atoms with Crippen molar-refractivity contribution in [1.29, 1.82) is 0 Å². The molecular formula is C28H41N3O8. The maximum atomic E-state index is 12.8. The molecule has 5 rings (SSSR count). The Morgan fingerprint density at radius 1 is 1.13 bits per heavy atom. The minimum Gasteiger partial charge on any atom is -0.478 e. The van der Waals surface area contributed by atoms with E-state index in [-0.39, 0.29) is 29.6 Å². The van der Waals surface area contributed by atoms with Crippen molar-refractivity contribution in [3.05, 3.63) is 16.7 Å². The van der Waals surface area contributed by atoms with Crippen LogP contribution in [0.1, 0.15) is 78.1 Å². The topological polar surface area (TPSA) is 157 Å². The first kappa shape index (κ1) is 28.2. The maximum absolute atomic E-state index is 12.8. The smallest absolute Gasteiger partial charge is 0.354 e. The molecule has 39 heavy (non-hydrogen) atoms. The molecule has 1 aliphatic heterocycles. The Balaban J connectivity index is 1.49. The molecule has 0 amide bonds. The summed E-state index contributed by atoms with van der Waals surface area (Å²) in [6, 6.07) is -1.58. The second-order valence-electron chi connectivity index (χ2n) is 13.1. The molecule has 4 saturated carbocycles. The highest BCUT2D eigenvalue weighted by atomic mass is 16.7. The first-order valence-corrected chi connectivity index (χ1v) is 14.3. The number of fused-ring (bicyclic) bond motifs is 5. The van der Waals surface area contributed by atoms with E-state index in [2.05, 4.69) is 12.1 Å². The number of nitrogens with zero attached hydrogens (tertiary/aromatic N) is 3. The van der Waals surface area contributed by atoms with Crippen molar-refractivity contribution in [3.63, 3.8) is 0 Å². The molecule has 0 spiro atoms. The third-order valence-corrected chi connectivity index (χ3v) is 11.4. The number of carbonyl (C=O) groups is 3. The fourth-order valence-electron chi connectivity index (χ4n) is 9.18. The average molecular weight is 548 g/mol. The van der Waals surface area contributed by atoms with Gasteiger partial charge in [-0.15, -0.1) is 0 Å². The van der Waals surface area contributed by atoms with Crippen molar-refractivity contribution in [2.24, 2.45) is 33.8 Å². The summed E-state index contributed by atoms with van der Waals surface area (Å²) in [4.78, 5) is 57.1. The second kappa shape index (κ2) is 9.92. The lowest BCUT2D eigenvalue weighted by atomic mass is 9.42. The van der Waals surface area contributed by atoms with Crippen LogP contribution in [0.3, 0.4) is 0 Å². The lowest BCUT2D eigenvalue weighted by Crippen LogP contribution is -2.69. The molecule has 11 heteroatoms. The first-order chi connectivity index (χ1) is 18.4. The van der Waals surface area contributed by atoms with Gasteiger partial charge in [0, 0.05) is 30.2 Å². The molecule has 3 N–H and O–H groups in total. The van der Waals surface area contributed by atoms with Crippen molar-refractivity contribution >= 4 is 17.7 Å². The summed E-state index contributed by atoms with van der Waals surface area (Å²) in [5.41, 5.74) is -3.07. The van der Waals surface area contributed by atoms with Gasteiger partial charge in [-0.05, 0) is 76.2 Å². The summed E-state index contributed by atoms with van der Waals surface area (Å²) in [6.45, 7) is 4.85. The molecule has 5 fully saturated rings. The number of carbonyl (C=O) groups excluding carboxylic acids is 1. The largest absolute Gasteiger partial charge is 0.478 e. The van der Waals surface area contributed by atoms with E-state index in [4.69, 9.17) is 4.84 Å². The average Bonchev–Trinajstić information content (AvgIpc) is 3.42. The number of hydroxylamine groups is 2. The van der Waals surface area contributed by atoms with E-state index in [9.17, 15) is 34.6 Å². The Labute approximate surface area is 228 Å². The molecule has 9 atom stereocenters. The number of ketones is 1. The first-order valence-electron chi connectivity index (χ1n) is 14.3. The number of hydrogen-bond acceptors (Lipinski definition) is 9. The third-order valence-electron chi connectivity index (χ3n) is 11.4. The molecule has 0 aromatic rings. The fourth-order valence-corrected chi connectivity index (χ4v) is 9.18. The molecule has 0 bridgehead atoms. The Morgan fingerprint density at radius 2 is 1.87 bits per heavy atom. The van der Waals surface area contributed by atoms with Gasteiger partial charge in [-0.3, -0.25) is 14.5 Å². The van der Waals surface area contributed by atoms with Gasteiger partial charge in [0.2, 0.25) is 0 Å². The van der Waals surface area contributed by atoms with Gasteiger partial charge in [-0.25, -0.2) is 14.7 Å². The highest BCUT2D eigenvalue weighted by Gasteiger charge is 2.68. The number of Topliss-reactive ketones (excluding diaryl/α,β-unsaturated/α-hetero) is 1. The zero-order valence-electron chi connectivity index (χ0n) is 23.0. The summed E-state index contributed by atoms with van der Waals surface area (Å²) in [7, 11) is 1.86. The lowest BCUT2D eigenvalue weighted by molar-refractivity contribution is -0.269. The zero-order chi connectivity index (χ0) is 28.3. The summed E-state index contributed by atoms with van der Waals surface area (Å²) in [6.07, 6.45) is 5.99. The van der Waals surface area contributed by atoms with Gasteiger partial charge < -0.3 is 15.3 Å². The predicted molar refractivity (Wildman–Crippen MR) is 139 cm³/mol. The Kier molecular flexibility index (Phi) is 7.17. The molecule has 0 radical (unpaired) electrons. The Bertz CT molecular complexity index is 1080. The van der Waals surface area contributed by atoms with Crippen LogP contribution < -0.4 is 0 Å². The second-order valence-corrected chi connectivity index (χ2v) is 13.1.